The fourth-order valence-corrected chi connectivity index (χ4v) is 2.82. The molecule has 1 aromatic rings. The fourth-order valence-electron chi connectivity index (χ4n) is 1.93. The molecule has 5 heteroatoms. The van der Waals surface area contributed by atoms with Gasteiger partial charge in [-0.15, -0.1) is 11.3 Å². The van der Waals surface area contributed by atoms with Crippen molar-refractivity contribution in [3.05, 3.63) is 22.4 Å². The zero-order valence-electron chi connectivity index (χ0n) is 10.1. The quantitative estimate of drug-likeness (QED) is 0.560. The zero-order chi connectivity index (χ0) is 10.4. The van der Waals surface area contributed by atoms with E-state index in [4.69, 9.17) is 9.84 Å². The van der Waals surface area contributed by atoms with Gasteiger partial charge < -0.3 is 11.3 Å². The number of ether oxygens (including phenoxy) is 1. The van der Waals surface area contributed by atoms with E-state index in [9.17, 15) is 4.79 Å². The fraction of sp³-hybridized carbons (Fsp3) is 0.500. The average molecular weight is 236 g/mol. The molecule has 1 N–H and O–H groups in total. The first-order valence-corrected chi connectivity index (χ1v) is 5.42. The van der Waals surface area contributed by atoms with Crippen molar-refractivity contribution in [3.63, 3.8) is 0 Å². The molecule has 0 bridgehead atoms. The van der Waals surface area contributed by atoms with Crippen LogP contribution in [-0.4, -0.2) is 16.7 Å². The Morgan fingerprint density at radius 3 is 2.73 bits per heavy atom. The van der Waals surface area contributed by atoms with Crippen LogP contribution in [0.3, 0.4) is 0 Å². The summed E-state index contributed by atoms with van der Waals surface area (Å²) in [6.45, 7) is 3.68. The van der Waals surface area contributed by atoms with Gasteiger partial charge in [0.15, 0.2) is 5.60 Å². The summed E-state index contributed by atoms with van der Waals surface area (Å²) < 4.78 is 5.46. The normalized spacial score (nSPS) is 33.2. The van der Waals surface area contributed by atoms with Gasteiger partial charge in [-0.2, -0.15) is 0 Å². The Morgan fingerprint density at radius 2 is 2.40 bits per heavy atom. The Labute approximate surface area is 116 Å². The second kappa shape index (κ2) is 4.18. The third-order valence-corrected chi connectivity index (χ3v) is 4.01. The van der Waals surface area contributed by atoms with Crippen LogP contribution < -0.4 is 29.6 Å². The summed E-state index contributed by atoms with van der Waals surface area (Å²) in [6, 6.07) is 3.83. The molecule has 1 aliphatic rings. The van der Waals surface area contributed by atoms with Crippen molar-refractivity contribution in [3.8, 4) is 0 Å². The van der Waals surface area contributed by atoms with Crippen LogP contribution in [0.15, 0.2) is 17.5 Å². The standard InChI is InChI=1S/C10H12O3S.Na.H/c1-3-10(8(11)12)9(2,13-10)7-5-4-6-14-7;;/h4-6H,3H2,1-2H3,(H,11,12);;/q;+1;-1. The maximum absolute atomic E-state index is 11.1. The van der Waals surface area contributed by atoms with Crippen molar-refractivity contribution in [2.75, 3.05) is 0 Å². The minimum atomic E-state index is -1.00. The summed E-state index contributed by atoms with van der Waals surface area (Å²) in [4.78, 5) is 12.1. The smallest absolute Gasteiger partial charge is 1.00 e. The first kappa shape index (κ1) is 13.2. The van der Waals surface area contributed by atoms with Gasteiger partial charge in [-0.3, -0.25) is 0 Å². The molecule has 1 fully saturated rings. The first-order chi connectivity index (χ1) is 6.57. The minimum absolute atomic E-state index is 0. The van der Waals surface area contributed by atoms with Crippen molar-refractivity contribution in [2.45, 2.75) is 31.5 Å². The van der Waals surface area contributed by atoms with Crippen LogP contribution >= 0.6 is 11.3 Å². The Morgan fingerprint density at radius 1 is 1.73 bits per heavy atom. The number of hydrogen-bond donors (Lipinski definition) is 1. The number of rotatable bonds is 3. The van der Waals surface area contributed by atoms with Gasteiger partial charge in [0.1, 0.15) is 5.60 Å². The van der Waals surface area contributed by atoms with Gasteiger partial charge in [0, 0.05) is 4.88 Å². The van der Waals surface area contributed by atoms with E-state index in [0.29, 0.717) is 6.42 Å². The number of carboxylic acids is 1. The molecule has 2 atom stereocenters. The number of carboxylic acid groups (broad SMARTS) is 1. The largest absolute Gasteiger partial charge is 1.00 e. The van der Waals surface area contributed by atoms with Gasteiger partial charge in [-0.1, -0.05) is 13.0 Å². The summed E-state index contributed by atoms with van der Waals surface area (Å²) >= 11 is 1.54. The van der Waals surface area contributed by atoms with Gasteiger partial charge in [-0.05, 0) is 24.8 Å². The summed E-state index contributed by atoms with van der Waals surface area (Å²) in [5.74, 6) is -0.865. The second-order valence-electron chi connectivity index (χ2n) is 3.60. The molecule has 78 valence electrons. The molecular formula is C10H13NaO3S. The van der Waals surface area contributed by atoms with E-state index in [1.54, 1.807) is 0 Å². The van der Waals surface area contributed by atoms with Crippen molar-refractivity contribution in [1.29, 1.82) is 0 Å². The molecule has 0 amide bonds. The van der Waals surface area contributed by atoms with E-state index in [1.165, 1.54) is 11.3 Å². The minimum Gasteiger partial charge on any atom is -1.00 e. The van der Waals surface area contributed by atoms with Crippen LogP contribution in [0.25, 0.3) is 0 Å². The average Bonchev–Trinajstić information content (AvgIpc) is 2.59. The number of carbonyl (C=O) groups is 1. The number of epoxide rings is 1. The number of thiophene rings is 1. The van der Waals surface area contributed by atoms with E-state index in [1.807, 2.05) is 31.4 Å². The van der Waals surface area contributed by atoms with Gasteiger partial charge in [0.05, 0.1) is 0 Å². The zero-order valence-corrected chi connectivity index (χ0v) is 11.9. The molecule has 0 radical (unpaired) electrons. The predicted molar refractivity (Wildman–Crippen MR) is 54.5 cm³/mol. The molecule has 15 heavy (non-hydrogen) atoms. The van der Waals surface area contributed by atoms with Crippen LogP contribution in [-0.2, 0) is 15.1 Å². The summed E-state index contributed by atoms with van der Waals surface area (Å²) in [5.41, 5.74) is -1.63. The monoisotopic (exact) mass is 236 g/mol. The molecule has 0 saturated carbocycles. The molecule has 3 nitrogen and oxygen atoms in total. The number of aliphatic carboxylic acids is 1. The molecule has 1 saturated heterocycles. The Hall–Kier alpha value is 0.130. The molecule has 1 aromatic heterocycles. The van der Waals surface area contributed by atoms with Crippen LogP contribution in [0, 0.1) is 0 Å². The van der Waals surface area contributed by atoms with E-state index < -0.39 is 17.2 Å². The third kappa shape index (κ3) is 1.68. The van der Waals surface area contributed by atoms with Crippen LogP contribution in [0.2, 0.25) is 0 Å². The van der Waals surface area contributed by atoms with Gasteiger partial charge in [0.25, 0.3) is 0 Å². The van der Waals surface area contributed by atoms with E-state index in [-0.39, 0.29) is 31.0 Å². The Bertz CT molecular complexity index is 370. The van der Waals surface area contributed by atoms with Crippen LogP contribution in [0.5, 0.6) is 0 Å². The summed E-state index contributed by atoms with van der Waals surface area (Å²) in [7, 11) is 0. The van der Waals surface area contributed by atoms with Crippen LogP contribution in [0.4, 0.5) is 0 Å². The summed E-state index contributed by atoms with van der Waals surface area (Å²) in [6.07, 6.45) is 0.497. The van der Waals surface area contributed by atoms with Crippen molar-refractivity contribution >= 4 is 17.3 Å². The molecule has 0 aliphatic carbocycles. The van der Waals surface area contributed by atoms with Gasteiger partial charge in [-0.25, -0.2) is 4.79 Å². The van der Waals surface area contributed by atoms with E-state index >= 15 is 0 Å². The second-order valence-corrected chi connectivity index (χ2v) is 4.55. The predicted octanol–water partition coefficient (Wildman–Crippen LogP) is -0.657. The van der Waals surface area contributed by atoms with E-state index in [0.717, 1.165) is 4.88 Å². The van der Waals surface area contributed by atoms with Crippen LogP contribution in [0.1, 0.15) is 26.6 Å². The topological polar surface area (TPSA) is 49.8 Å². The van der Waals surface area contributed by atoms with Crippen molar-refractivity contribution < 1.29 is 45.6 Å². The van der Waals surface area contributed by atoms with Crippen molar-refractivity contribution in [2.24, 2.45) is 0 Å². The molecule has 0 aromatic carbocycles. The van der Waals surface area contributed by atoms with Gasteiger partial charge in [0.2, 0.25) is 0 Å². The van der Waals surface area contributed by atoms with Crippen molar-refractivity contribution in [1.82, 2.24) is 0 Å². The molecule has 2 heterocycles. The molecule has 0 spiro atoms. The van der Waals surface area contributed by atoms with E-state index in [2.05, 4.69) is 0 Å². The molecule has 2 unspecified atom stereocenters. The third-order valence-electron chi connectivity index (χ3n) is 2.94. The molecule has 1 aliphatic heterocycles. The number of hydrogen-bond acceptors (Lipinski definition) is 3. The summed E-state index contributed by atoms with van der Waals surface area (Å²) in [5, 5.41) is 11.1. The molecule has 2 rings (SSSR count). The van der Waals surface area contributed by atoms with Gasteiger partial charge >= 0.3 is 35.5 Å². The SMILES string of the molecule is CCC1(C(=O)O)OC1(C)c1cccs1.[H-].[Na+]. The Kier molecular flexibility index (Phi) is 3.68. The maximum atomic E-state index is 11.1. The molecular weight excluding hydrogens is 223 g/mol. The Balaban J connectivity index is 0.00000112. The first-order valence-electron chi connectivity index (χ1n) is 4.54. The maximum Gasteiger partial charge on any atom is 1.00 e.